The highest BCUT2D eigenvalue weighted by Crippen LogP contribution is 2.16. The minimum absolute atomic E-state index is 0.0204. The van der Waals surface area contributed by atoms with E-state index in [2.05, 4.69) is 25.4 Å². The largest absolute Gasteiger partial charge is 0.352 e. The third kappa shape index (κ3) is 3.17. The monoisotopic (exact) mass is 341 g/mol. The highest BCUT2D eigenvalue weighted by Gasteiger charge is 2.32. The van der Waals surface area contributed by atoms with Crippen LogP contribution in [0.1, 0.15) is 12.8 Å². The van der Waals surface area contributed by atoms with E-state index < -0.39 is 0 Å². The van der Waals surface area contributed by atoms with Crippen LogP contribution in [-0.4, -0.2) is 68.7 Å². The summed E-state index contributed by atoms with van der Waals surface area (Å²) in [4.78, 5) is 31.6. The molecule has 1 unspecified atom stereocenters. The number of hydrogen-bond acceptors (Lipinski definition) is 6. The topological polar surface area (TPSA) is 96.3 Å². The van der Waals surface area contributed by atoms with Gasteiger partial charge in [0.15, 0.2) is 11.6 Å². The highest BCUT2D eigenvalue weighted by atomic mass is 16.2. The van der Waals surface area contributed by atoms with E-state index in [0.717, 1.165) is 5.82 Å². The third-order valence-electron chi connectivity index (χ3n) is 4.61. The van der Waals surface area contributed by atoms with Crippen molar-refractivity contribution in [2.75, 3.05) is 31.1 Å². The summed E-state index contributed by atoms with van der Waals surface area (Å²) in [6.07, 6.45) is 6.22. The fourth-order valence-corrected chi connectivity index (χ4v) is 3.19. The van der Waals surface area contributed by atoms with Crippen LogP contribution in [0.15, 0.2) is 30.9 Å². The molecule has 0 aliphatic carbocycles. The predicted molar refractivity (Wildman–Crippen MR) is 89.1 cm³/mol. The van der Waals surface area contributed by atoms with E-state index in [4.69, 9.17) is 0 Å². The van der Waals surface area contributed by atoms with Gasteiger partial charge in [-0.25, -0.2) is 4.98 Å². The van der Waals surface area contributed by atoms with Crippen molar-refractivity contribution in [3.05, 3.63) is 30.9 Å². The van der Waals surface area contributed by atoms with Gasteiger partial charge in [0.2, 0.25) is 11.8 Å². The molecule has 2 aliphatic heterocycles. The van der Waals surface area contributed by atoms with Gasteiger partial charge in [0.1, 0.15) is 12.4 Å². The molecule has 2 fully saturated rings. The molecule has 2 aliphatic rings. The summed E-state index contributed by atoms with van der Waals surface area (Å²) < 4.78 is 1.79. The number of anilines is 1. The van der Waals surface area contributed by atoms with Crippen LogP contribution < -0.4 is 10.2 Å². The number of carbonyl (C=O) groups excluding carboxylic acids is 2. The first-order valence-corrected chi connectivity index (χ1v) is 8.36. The summed E-state index contributed by atoms with van der Waals surface area (Å²) >= 11 is 0. The molecular formula is C16H19N7O2. The van der Waals surface area contributed by atoms with Crippen molar-refractivity contribution < 1.29 is 9.59 Å². The van der Waals surface area contributed by atoms with E-state index in [9.17, 15) is 9.59 Å². The normalized spacial score (nSPS) is 20.6. The van der Waals surface area contributed by atoms with Gasteiger partial charge in [0.25, 0.3) is 0 Å². The van der Waals surface area contributed by atoms with Crippen molar-refractivity contribution >= 4 is 17.6 Å². The summed E-state index contributed by atoms with van der Waals surface area (Å²) in [5, 5.41) is 11.2. The standard InChI is InChI=1S/C16H19N7O2/c24-15-4-1-12(18-15)16(25)22-9-7-21(8-10-22)13-2-3-14(20-19-13)23-6-5-17-11-23/h2-3,5-6,11-12H,1,4,7-10H2,(H,18,24). The molecule has 2 saturated heterocycles. The van der Waals surface area contributed by atoms with Crippen LogP contribution in [0.3, 0.4) is 0 Å². The fraction of sp³-hybridized carbons (Fsp3) is 0.438. The lowest BCUT2D eigenvalue weighted by molar-refractivity contribution is -0.134. The number of carbonyl (C=O) groups is 2. The molecule has 9 heteroatoms. The van der Waals surface area contributed by atoms with Crippen LogP contribution in [0.4, 0.5) is 5.82 Å². The number of aromatic nitrogens is 4. The van der Waals surface area contributed by atoms with Gasteiger partial charge in [-0.1, -0.05) is 0 Å². The van der Waals surface area contributed by atoms with Crippen molar-refractivity contribution in [1.82, 2.24) is 30.0 Å². The Kier molecular flexibility index (Phi) is 4.04. The lowest BCUT2D eigenvalue weighted by Crippen LogP contribution is -2.53. The molecule has 4 heterocycles. The van der Waals surface area contributed by atoms with Crippen molar-refractivity contribution in [2.24, 2.45) is 0 Å². The summed E-state index contributed by atoms with van der Waals surface area (Å²) in [6, 6.07) is 3.47. The fourth-order valence-electron chi connectivity index (χ4n) is 3.19. The SMILES string of the molecule is O=C1CCC(C(=O)N2CCN(c3ccc(-n4ccnc4)nn3)CC2)N1. The highest BCUT2D eigenvalue weighted by molar-refractivity contribution is 5.90. The molecule has 9 nitrogen and oxygen atoms in total. The molecule has 1 atom stereocenters. The Morgan fingerprint density at radius 2 is 1.88 bits per heavy atom. The average Bonchev–Trinajstić information content (AvgIpc) is 3.33. The lowest BCUT2D eigenvalue weighted by Gasteiger charge is -2.36. The number of rotatable bonds is 3. The molecule has 25 heavy (non-hydrogen) atoms. The van der Waals surface area contributed by atoms with Crippen LogP contribution >= 0.6 is 0 Å². The third-order valence-corrected chi connectivity index (χ3v) is 4.61. The first-order valence-electron chi connectivity index (χ1n) is 8.36. The molecule has 2 aromatic rings. The molecule has 0 spiro atoms. The summed E-state index contributed by atoms with van der Waals surface area (Å²) in [5.41, 5.74) is 0. The molecule has 0 saturated carbocycles. The summed E-state index contributed by atoms with van der Waals surface area (Å²) in [5.74, 6) is 1.49. The maximum Gasteiger partial charge on any atom is 0.245 e. The van der Waals surface area contributed by atoms with Gasteiger partial charge < -0.3 is 15.1 Å². The maximum absolute atomic E-state index is 12.4. The second-order valence-electron chi connectivity index (χ2n) is 6.19. The van der Waals surface area contributed by atoms with Crippen LogP contribution in [-0.2, 0) is 9.59 Å². The molecule has 2 aromatic heterocycles. The zero-order chi connectivity index (χ0) is 17.2. The molecule has 130 valence electrons. The van der Waals surface area contributed by atoms with Gasteiger partial charge >= 0.3 is 0 Å². The number of piperazine rings is 1. The van der Waals surface area contributed by atoms with Crippen LogP contribution in [0.2, 0.25) is 0 Å². The Morgan fingerprint density at radius 1 is 1.12 bits per heavy atom. The Labute approximate surface area is 144 Å². The number of amides is 2. The van der Waals surface area contributed by atoms with Gasteiger partial charge in [-0.3, -0.25) is 14.2 Å². The van der Waals surface area contributed by atoms with E-state index in [1.54, 1.807) is 17.1 Å². The van der Waals surface area contributed by atoms with E-state index in [0.29, 0.717) is 44.8 Å². The van der Waals surface area contributed by atoms with E-state index in [1.807, 2.05) is 23.2 Å². The first-order chi connectivity index (χ1) is 12.2. The van der Waals surface area contributed by atoms with Crippen LogP contribution in [0.5, 0.6) is 0 Å². The second kappa shape index (κ2) is 6.50. The Hall–Kier alpha value is -2.97. The smallest absolute Gasteiger partial charge is 0.245 e. The molecule has 1 N–H and O–H groups in total. The van der Waals surface area contributed by atoms with E-state index >= 15 is 0 Å². The van der Waals surface area contributed by atoms with Gasteiger partial charge in [-0.2, -0.15) is 0 Å². The molecule has 4 rings (SSSR count). The van der Waals surface area contributed by atoms with Crippen molar-refractivity contribution in [3.8, 4) is 5.82 Å². The molecule has 2 amide bonds. The Morgan fingerprint density at radius 3 is 2.48 bits per heavy atom. The van der Waals surface area contributed by atoms with E-state index in [-0.39, 0.29) is 17.9 Å². The van der Waals surface area contributed by atoms with Crippen molar-refractivity contribution in [3.63, 3.8) is 0 Å². The number of nitrogens with one attached hydrogen (secondary N) is 1. The molecule has 0 radical (unpaired) electrons. The Bertz CT molecular complexity index is 751. The number of imidazole rings is 1. The lowest BCUT2D eigenvalue weighted by atomic mass is 10.2. The van der Waals surface area contributed by atoms with Crippen molar-refractivity contribution in [2.45, 2.75) is 18.9 Å². The average molecular weight is 341 g/mol. The Balaban J connectivity index is 1.35. The molecule has 0 aromatic carbocycles. The van der Waals surface area contributed by atoms with Gasteiger partial charge in [-0.15, -0.1) is 10.2 Å². The van der Waals surface area contributed by atoms with Gasteiger partial charge in [0.05, 0.1) is 0 Å². The first kappa shape index (κ1) is 15.6. The van der Waals surface area contributed by atoms with Crippen LogP contribution in [0.25, 0.3) is 5.82 Å². The predicted octanol–water partition coefficient (Wildman–Crippen LogP) is -0.410. The summed E-state index contributed by atoms with van der Waals surface area (Å²) in [6.45, 7) is 2.64. The quantitative estimate of drug-likeness (QED) is 0.815. The maximum atomic E-state index is 12.4. The minimum atomic E-state index is -0.353. The van der Waals surface area contributed by atoms with Gasteiger partial charge in [-0.05, 0) is 18.6 Å². The molecular weight excluding hydrogens is 322 g/mol. The van der Waals surface area contributed by atoms with Crippen molar-refractivity contribution in [1.29, 1.82) is 0 Å². The molecule has 0 bridgehead atoms. The number of nitrogens with zero attached hydrogens (tertiary/aromatic N) is 6. The van der Waals surface area contributed by atoms with E-state index in [1.165, 1.54) is 0 Å². The van der Waals surface area contributed by atoms with Gasteiger partial charge in [0, 0.05) is 45.0 Å². The minimum Gasteiger partial charge on any atom is -0.352 e. The second-order valence-corrected chi connectivity index (χ2v) is 6.19. The zero-order valence-electron chi connectivity index (χ0n) is 13.7. The zero-order valence-corrected chi connectivity index (χ0v) is 13.7. The number of hydrogen-bond donors (Lipinski definition) is 1. The van der Waals surface area contributed by atoms with Crippen LogP contribution in [0, 0.1) is 0 Å². The summed E-state index contributed by atoms with van der Waals surface area (Å²) in [7, 11) is 0.